The fourth-order valence-corrected chi connectivity index (χ4v) is 3.23. The van der Waals surface area contributed by atoms with Gasteiger partial charge in [-0.05, 0) is 30.7 Å². The number of fused-ring (bicyclic) bond motifs is 1. The Morgan fingerprint density at radius 3 is 2.84 bits per heavy atom. The van der Waals surface area contributed by atoms with Crippen LogP contribution in [0, 0.1) is 0 Å². The van der Waals surface area contributed by atoms with E-state index >= 15 is 0 Å². The highest BCUT2D eigenvalue weighted by atomic mass is 35.5. The van der Waals surface area contributed by atoms with Gasteiger partial charge in [-0.1, -0.05) is 53.7 Å². The summed E-state index contributed by atoms with van der Waals surface area (Å²) in [6.45, 7) is 1.99. The molecule has 7 heteroatoms. The van der Waals surface area contributed by atoms with Crippen LogP contribution in [0.15, 0.2) is 58.3 Å². The molecule has 3 N–H and O–H groups in total. The molecule has 0 radical (unpaired) electrons. The lowest BCUT2D eigenvalue weighted by molar-refractivity contribution is 0.822. The van der Waals surface area contributed by atoms with E-state index in [1.807, 2.05) is 37.3 Å². The first-order valence-corrected chi connectivity index (χ1v) is 9.09. The van der Waals surface area contributed by atoms with Gasteiger partial charge in [0.05, 0.1) is 22.7 Å². The van der Waals surface area contributed by atoms with Gasteiger partial charge >= 0.3 is 0 Å². The predicted molar refractivity (Wildman–Crippen MR) is 105 cm³/mol. The van der Waals surface area contributed by atoms with Crippen molar-refractivity contribution in [3.05, 3.63) is 75.3 Å². The number of H-pyrrole nitrogens is 1. The number of aromatic nitrogens is 2. The number of amidine groups is 1. The maximum atomic E-state index is 12.1. The van der Waals surface area contributed by atoms with Crippen molar-refractivity contribution in [2.24, 2.45) is 10.7 Å². The van der Waals surface area contributed by atoms with Crippen LogP contribution in [0.1, 0.15) is 24.4 Å². The Morgan fingerprint density at radius 2 is 2.08 bits per heavy atom. The number of aliphatic imine (C=N–C) groups is 1. The Bertz CT molecular complexity index is 972. The van der Waals surface area contributed by atoms with E-state index in [0.717, 1.165) is 5.56 Å². The second-order valence-corrected chi connectivity index (χ2v) is 6.95. The van der Waals surface area contributed by atoms with E-state index in [1.54, 1.807) is 18.2 Å². The van der Waals surface area contributed by atoms with Crippen LogP contribution in [-0.4, -0.2) is 15.1 Å². The van der Waals surface area contributed by atoms with E-state index < -0.39 is 0 Å². The van der Waals surface area contributed by atoms with Crippen LogP contribution >= 0.6 is 23.4 Å². The minimum Gasteiger partial charge on any atom is -0.379 e. The van der Waals surface area contributed by atoms with Gasteiger partial charge in [0.2, 0.25) is 0 Å². The number of nitrogens with two attached hydrogens (primary N) is 1. The van der Waals surface area contributed by atoms with Crippen LogP contribution in [0.25, 0.3) is 10.9 Å². The van der Waals surface area contributed by atoms with Gasteiger partial charge in [-0.2, -0.15) is 0 Å². The second-order valence-electron chi connectivity index (χ2n) is 5.52. The average molecular weight is 373 g/mol. The first-order chi connectivity index (χ1) is 12.0. The minimum atomic E-state index is -0.189. The molecule has 2 aromatic carbocycles. The number of hydrogen-bond donors (Lipinski definition) is 2. The first kappa shape index (κ1) is 17.5. The molecule has 128 valence electrons. The van der Waals surface area contributed by atoms with Crippen molar-refractivity contribution < 1.29 is 0 Å². The Kier molecular flexibility index (Phi) is 5.40. The molecule has 1 heterocycles. The average Bonchev–Trinajstić information content (AvgIpc) is 2.60. The minimum absolute atomic E-state index is 0.0314. The molecule has 3 rings (SSSR count). The molecule has 0 fully saturated rings. The summed E-state index contributed by atoms with van der Waals surface area (Å²) in [7, 11) is 0. The van der Waals surface area contributed by atoms with Gasteiger partial charge in [-0.3, -0.25) is 9.79 Å². The lowest BCUT2D eigenvalue weighted by Crippen LogP contribution is -2.13. The number of thioether (sulfide) groups is 1. The third kappa shape index (κ3) is 4.41. The van der Waals surface area contributed by atoms with Crippen LogP contribution in [0.4, 0.5) is 0 Å². The van der Waals surface area contributed by atoms with Crippen LogP contribution in [-0.2, 0) is 5.75 Å². The van der Waals surface area contributed by atoms with Crippen LogP contribution < -0.4 is 11.3 Å². The number of aromatic amines is 1. The molecule has 25 heavy (non-hydrogen) atoms. The quantitative estimate of drug-likeness (QED) is 0.537. The SMILES string of the molecule is C[C@@H](N=C(N)SCc1nc2cc(Cl)ccc2c(=O)[nH]1)c1ccccc1. The second kappa shape index (κ2) is 7.72. The van der Waals surface area contributed by atoms with Crippen LogP contribution in [0.5, 0.6) is 0 Å². The maximum absolute atomic E-state index is 12.1. The van der Waals surface area contributed by atoms with E-state index in [0.29, 0.717) is 32.7 Å². The fraction of sp³-hybridized carbons (Fsp3) is 0.167. The highest BCUT2D eigenvalue weighted by molar-refractivity contribution is 8.13. The van der Waals surface area contributed by atoms with Gasteiger partial charge < -0.3 is 10.7 Å². The zero-order chi connectivity index (χ0) is 17.8. The number of benzene rings is 2. The topological polar surface area (TPSA) is 84.1 Å². The van der Waals surface area contributed by atoms with Crippen LogP contribution in [0.2, 0.25) is 5.02 Å². The molecule has 0 aliphatic carbocycles. The lowest BCUT2D eigenvalue weighted by Gasteiger charge is -2.08. The summed E-state index contributed by atoms with van der Waals surface area (Å²) in [6, 6.07) is 14.9. The summed E-state index contributed by atoms with van der Waals surface area (Å²) in [4.78, 5) is 23.8. The predicted octanol–water partition coefficient (Wildman–Crippen LogP) is 3.89. The van der Waals surface area contributed by atoms with Gasteiger partial charge in [0, 0.05) is 5.02 Å². The smallest absolute Gasteiger partial charge is 0.258 e. The monoisotopic (exact) mass is 372 g/mol. The first-order valence-electron chi connectivity index (χ1n) is 7.72. The zero-order valence-electron chi connectivity index (χ0n) is 13.6. The van der Waals surface area contributed by atoms with Gasteiger partial charge in [0.15, 0.2) is 5.17 Å². The van der Waals surface area contributed by atoms with Gasteiger partial charge in [0.1, 0.15) is 5.82 Å². The summed E-state index contributed by atoms with van der Waals surface area (Å²) in [6.07, 6.45) is 0. The molecular formula is C18H17ClN4OS. The van der Waals surface area contributed by atoms with Gasteiger partial charge in [-0.25, -0.2) is 4.98 Å². The van der Waals surface area contributed by atoms with E-state index in [4.69, 9.17) is 17.3 Å². The third-order valence-corrected chi connectivity index (χ3v) is 4.73. The van der Waals surface area contributed by atoms with E-state index in [9.17, 15) is 4.79 Å². The van der Waals surface area contributed by atoms with E-state index in [2.05, 4.69) is 15.0 Å². The largest absolute Gasteiger partial charge is 0.379 e. The Morgan fingerprint density at radius 1 is 1.32 bits per heavy atom. The number of nitrogens with one attached hydrogen (secondary N) is 1. The van der Waals surface area contributed by atoms with Crippen molar-refractivity contribution >= 4 is 39.4 Å². The Labute approximate surface area is 154 Å². The van der Waals surface area contributed by atoms with Crippen molar-refractivity contribution in [1.29, 1.82) is 0 Å². The highest BCUT2D eigenvalue weighted by Crippen LogP contribution is 2.19. The standard InChI is InChI=1S/C18H17ClN4OS/c1-11(12-5-3-2-4-6-12)21-18(20)25-10-16-22-15-9-13(19)7-8-14(15)17(24)23-16/h2-9,11H,10H2,1H3,(H2,20,21)(H,22,23,24)/t11-/m1/s1. The van der Waals surface area contributed by atoms with Crippen molar-refractivity contribution in [2.45, 2.75) is 18.7 Å². The summed E-state index contributed by atoms with van der Waals surface area (Å²) in [5.41, 5.74) is 7.48. The van der Waals surface area contributed by atoms with Gasteiger partial charge in [-0.15, -0.1) is 0 Å². The summed E-state index contributed by atoms with van der Waals surface area (Å²) >= 11 is 7.31. The molecule has 5 nitrogen and oxygen atoms in total. The molecule has 0 unspecified atom stereocenters. The summed E-state index contributed by atoms with van der Waals surface area (Å²) in [5, 5.41) is 1.50. The highest BCUT2D eigenvalue weighted by Gasteiger charge is 2.07. The number of halogens is 1. The van der Waals surface area contributed by atoms with E-state index in [1.165, 1.54) is 11.8 Å². The molecule has 1 aromatic heterocycles. The molecular weight excluding hydrogens is 356 g/mol. The molecule has 0 spiro atoms. The number of rotatable bonds is 4. The normalized spacial score (nSPS) is 13.1. The molecule has 0 amide bonds. The van der Waals surface area contributed by atoms with Crippen molar-refractivity contribution in [3.8, 4) is 0 Å². The fourth-order valence-electron chi connectivity index (χ4n) is 2.41. The Balaban J connectivity index is 1.73. The maximum Gasteiger partial charge on any atom is 0.258 e. The third-order valence-electron chi connectivity index (χ3n) is 3.68. The van der Waals surface area contributed by atoms with Gasteiger partial charge in [0.25, 0.3) is 5.56 Å². The Hall–Kier alpha value is -2.31. The molecule has 1 atom stereocenters. The number of nitrogens with zero attached hydrogens (tertiary/aromatic N) is 2. The summed E-state index contributed by atoms with van der Waals surface area (Å²) < 4.78 is 0. The number of hydrogen-bond acceptors (Lipinski definition) is 4. The molecule has 0 aliphatic heterocycles. The summed E-state index contributed by atoms with van der Waals surface area (Å²) in [5.74, 6) is 0.962. The molecule has 0 bridgehead atoms. The van der Waals surface area contributed by atoms with Crippen molar-refractivity contribution in [2.75, 3.05) is 0 Å². The lowest BCUT2D eigenvalue weighted by atomic mass is 10.1. The zero-order valence-corrected chi connectivity index (χ0v) is 15.1. The van der Waals surface area contributed by atoms with Crippen molar-refractivity contribution in [3.63, 3.8) is 0 Å². The van der Waals surface area contributed by atoms with Crippen LogP contribution in [0.3, 0.4) is 0 Å². The molecule has 0 saturated heterocycles. The van der Waals surface area contributed by atoms with Crippen molar-refractivity contribution in [1.82, 2.24) is 9.97 Å². The molecule has 3 aromatic rings. The molecule has 0 saturated carbocycles. The van der Waals surface area contributed by atoms with E-state index in [-0.39, 0.29) is 11.6 Å². The molecule has 0 aliphatic rings.